The van der Waals surface area contributed by atoms with E-state index in [2.05, 4.69) is 54.7 Å². The van der Waals surface area contributed by atoms with Crippen LogP contribution in [0.2, 0.25) is 5.02 Å². The number of hydrogen-bond acceptors (Lipinski definition) is 2. The maximum absolute atomic E-state index is 12.7. The number of aryl methyl sites for hydroxylation is 1. The number of halogens is 2. The normalized spacial score (nSPS) is 11.3. The van der Waals surface area contributed by atoms with Gasteiger partial charge in [-0.1, -0.05) is 38.4 Å². The number of nitrogens with zero attached hydrogens (tertiary/aromatic N) is 1. The molecule has 2 aromatic carbocycles. The quantitative estimate of drug-likeness (QED) is 0.450. The zero-order valence-corrected chi connectivity index (χ0v) is 17.3. The summed E-state index contributed by atoms with van der Waals surface area (Å²) in [4.78, 5) is 23.4. The maximum Gasteiger partial charge on any atom is 0.318 e. The summed E-state index contributed by atoms with van der Waals surface area (Å²) in [7, 11) is 0. The molecule has 132 valence electrons. The minimum atomic E-state index is -0.281. The summed E-state index contributed by atoms with van der Waals surface area (Å²) < 4.78 is 0.891. The van der Waals surface area contributed by atoms with Gasteiger partial charge in [-0.15, -0.1) is 0 Å². The Kier molecular flexibility index (Phi) is 5.73. The minimum Gasteiger partial charge on any atom is -0.321 e. The highest BCUT2D eigenvalue weighted by Gasteiger charge is 2.23. The molecule has 0 heterocycles. The number of carbonyl (C=O) groups is 1. The van der Waals surface area contributed by atoms with Crippen LogP contribution in [0, 0.1) is 15.4 Å². The van der Waals surface area contributed by atoms with Gasteiger partial charge in [0, 0.05) is 15.7 Å². The van der Waals surface area contributed by atoms with E-state index in [1.165, 1.54) is 18.2 Å². The van der Waals surface area contributed by atoms with Crippen LogP contribution in [0.3, 0.4) is 0 Å². The first-order chi connectivity index (χ1) is 11.5. The molecule has 0 atom stereocenters. The van der Waals surface area contributed by atoms with Gasteiger partial charge in [-0.3, -0.25) is 4.79 Å². The second-order valence-corrected chi connectivity index (χ2v) is 8.30. The molecule has 0 bridgehead atoms. The Morgan fingerprint density at radius 3 is 2.40 bits per heavy atom. The summed E-state index contributed by atoms with van der Waals surface area (Å²) in [6.45, 7) is 8.26. The highest BCUT2D eigenvalue weighted by molar-refractivity contribution is 14.1. The number of amides is 1. The molecule has 25 heavy (non-hydrogen) atoms. The van der Waals surface area contributed by atoms with Crippen LogP contribution in [0.25, 0.3) is 0 Å². The largest absolute Gasteiger partial charge is 0.321 e. The van der Waals surface area contributed by atoms with Gasteiger partial charge in [0.25, 0.3) is 10.8 Å². The van der Waals surface area contributed by atoms with Crippen molar-refractivity contribution in [1.29, 1.82) is 0 Å². The van der Waals surface area contributed by atoms with Crippen molar-refractivity contribution >= 4 is 51.5 Å². The first kappa shape index (κ1) is 19.7. The van der Waals surface area contributed by atoms with Crippen LogP contribution in [-0.2, 0) is 5.41 Å². The predicted octanol–water partition coefficient (Wildman–Crippen LogP) is 5.60. The monoisotopic (exact) mass is 473 g/mol. The lowest BCUT2D eigenvalue weighted by Gasteiger charge is -2.23. The highest BCUT2D eigenvalue weighted by Crippen LogP contribution is 2.32. The van der Waals surface area contributed by atoms with Crippen molar-refractivity contribution in [2.75, 3.05) is 5.32 Å². The van der Waals surface area contributed by atoms with E-state index in [0.717, 1.165) is 14.7 Å². The lowest BCUT2D eigenvalue weighted by atomic mass is 9.85. The molecule has 0 saturated heterocycles. The summed E-state index contributed by atoms with van der Waals surface area (Å²) in [5.41, 5.74) is 2.93. The molecular formula is C18H19ClIN2O3+. The Hall–Kier alpha value is -1.67. The smallest absolute Gasteiger partial charge is 0.318 e. The molecule has 1 amide bonds. The van der Waals surface area contributed by atoms with Crippen molar-refractivity contribution in [3.05, 3.63) is 60.5 Å². The third-order valence-corrected chi connectivity index (χ3v) is 5.17. The lowest BCUT2D eigenvalue weighted by molar-refractivity contribution is -0.729. The molecule has 0 unspecified atom stereocenters. The van der Waals surface area contributed by atoms with Gasteiger partial charge in [0.15, 0.2) is 0 Å². The van der Waals surface area contributed by atoms with Crippen LogP contribution >= 0.6 is 34.2 Å². The number of anilines is 1. The second-order valence-electron chi connectivity index (χ2n) is 6.82. The van der Waals surface area contributed by atoms with Crippen LogP contribution in [0.1, 0.15) is 42.3 Å². The molecule has 0 saturated carbocycles. The van der Waals surface area contributed by atoms with Gasteiger partial charge in [0.1, 0.15) is 0 Å². The van der Waals surface area contributed by atoms with E-state index in [1.807, 2.05) is 13.0 Å². The number of hydrogen-bond donors (Lipinski definition) is 2. The van der Waals surface area contributed by atoms with E-state index < -0.39 is 0 Å². The van der Waals surface area contributed by atoms with Gasteiger partial charge in [-0.05, 0) is 58.2 Å². The fourth-order valence-electron chi connectivity index (χ4n) is 2.39. The van der Waals surface area contributed by atoms with Crippen molar-refractivity contribution in [1.82, 2.24) is 0 Å². The number of nitrogens with one attached hydrogen (secondary N) is 1. The minimum absolute atomic E-state index is 0.0110. The third-order valence-electron chi connectivity index (χ3n) is 3.69. The van der Waals surface area contributed by atoms with E-state index in [4.69, 9.17) is 16.8 Å². The fourth-order valence-corrected chi connectivity index (χ4v) is 3.98. The molecule has 2 N–H and O–H groups in total. The van der Waals surface area contributed by atoms with Gasteiger partial charge in [0.2, 0.25) is 0 Å². The molecule has 0 fully saturated rings. The molecule has 0 aliphatic carbocycles. The van der Waals surface area contributed by atoms with E-state index >= 15 is 0 Å². The zero-order valence-electron chi connectivity index (χ0n) is 14.4. The molecule has 0 spiro atoms. The van der Waals surface area contributed by atoms with Crippen molar-refractivity contribution in [3.8, 4) is 0 Å². The molecule has 2 rings (SSSR count). The third kappa shape index (κ3) is 4.49. The summed E-state index contributed by atoms with van der Waals surface area (Å²) in [5, 5.41) is 11.8. The molecule has 0 aliphatic heterocycles. The molecule has 0 radical (unpaired) electrons. The first-order valence-electron chi connectivity index (χ1n) is 7.58. The molecule has 0 aromatic heterocycles. The molecular weight excluding hydrogens is 455 g/mol. The Balaban J connectivity index is 2.39. The van der Waals surface area contributed by atoms with Crippen molar-refractivity contribution in [3.63, 3.8) is 0 Å². The summed E-state index contributed by atoms with van der Waals surface area (Å²) in [6.07, 6.45) is 0. The van der Waals surface area contributed by atoms with E-state index in [1.54, 1.807) is 0 Å². The first-order valence-corrected chi connectivity index (χ1v) is 9.04. The van der Waals surface area contributed by atoms with Gasteiger partial charge in [0.05, 0.1) is 21.2 Å². The summed E-state index contributed by atoms with van der Waals surface area (Å²) >= 11 is 8.28. The average molecular weight is 474 g/mol. The second kappa shape index (κ2) is 7.29. The van der Waals surface area contributed by atoms with Crippen LogP contribution in [0.5, 0.6) is 0 Å². The van der Waals surface area contributed by atoms with Gasteiger partial charge in [-0.25, -0.2) is 5.21 Å². The zero-order chi connectivity index (χ0) is 18.9. The van der Waals surface area contributed by atoms with Crippen LogP contribution < -0.4 is 5.32 Å². The maximum atomic E-state index is 12.7. The highest BCUT2D eigenvalue weighted by atomic mass is 127. The van der Waals surface area contributed by atoms with E-state index in [0.29, 0.717) is 11.3 Å². The number of benzene rings is 2. The van der Waals surface area contributed by atoms with Crippen LogP contribution in [-0.4, -0.2) is 16.0 Å². The Morgan fingerprint density at radius 2 is 1.88 bits per heavy atom. The number of carbonyl (C=O) groups excluding carboxylic acids is 1. The molecule has 2 aromatic rings. The Labute approximate surface area is 165 Å². The average Bonchev–Trinajstić information content (AvgIpc) is 2.49. The predicted molar refractivity (Wildman–Crippen MR) is 107 cm³/mol. The molecule has 0 aliphatic rings. The van der Waals surface area contributed by atoms with E-state index in [9.17, 15) is 9.70 Å². The molecule has 7 heteroatoms. The van der Waals surface area contributed by atoms with Crippen molar-refractivity contribution < 1.29 is 14.9 Å². The topological polar surface area (TPSA) is 69.4 Å². The van der Waals surface area contributed by atoms with Crippen molar-refractivity contribution in [2.45, 2.75) is 33.1 Å². The standard InChI is InChI=1S/C18H18ClIN2O3/c1-10-7-12(16(20)13(8-10)18(2,3)4)17(23)21-15-6-5-11(22(24)25)9-14(15)19/h5-9H,1-4H3,(H-,21,23,24,25)/p+1. The lowest BCUT2D eigenvalue weighted by Crippen LogP contribution is -2.19. The SMILES string of the molecule is Cc1cc(C(=O)Nc2ccc([N+](=O)O)cc2Cl)c(I)c(C(C)(C)C)c1. The van der Waals surface area contributed by atoms with E-state index in [-0.39, 0.29) is 27.0 Å². The van der Waals surface area contributed by atoms with Crippen LogP contribution in [0.4, 0.5) is 11.4 Å². The van der Waals surface area contributed by atoms with Gasteiger partial charge >= 0.3 is 5.69 Å². The van der Waals surface area contributed by atoms with Crippen LogP contribution in [0.15, 0.2) is 30.3 Å². The molecule has 5 nitrogen and oxygen atoms in total. The fraction of sp³-hybridized carbons (Fsp3) is 0.278. The van der Waals surface area contributed by atoms with Crippen molar-refractivity contribution in [2.24, 2.45) is 0 Å². The Morgan fingerprint density at radius 1 is 1.24 bits per heavy atom. The Bertz CT molecular complexity index is 860. The van der Waals surface area contributed by atoms with Gasteiger partial charge < -0.3 is 5.32 Å². The van der Waals surface area contributed by atoms with Gasteiger partial charge in [-0.2, -0.15) is 0 Å². The number of rotatable bonds is 3. The summed E-state index contributed by atoms with van der Waals surface area (Å²) in [5.74, 6) is -0.281. The summed E-state index contributed by atoms with van der Waals surface area (Å²) in [6, 6.07) is 8.05.